The second-order valence-electron chi connectivity index (χ2n) is 6.57. The fourth-order valence-corrected chi connectivity index (χ4v) is 3.30. The predicted octanol–water partition coefficient (Wildman–Crippen LogP) is 3.06. The van der Waals surface area contributed by atoms with Crippen molar-refractivity contribution >= 4 is 11.6 Å². The van der Waals surface area contributed by atoms with Crippen LogP contribution in [0, 0.1) is 10.1 Å². The molecular weight excluding hydrogens is 363 g/mol. The molecule has 3 rings (SSSR count). The van der Waals surface area contributed by atoms with Crippen LogP contribution in [0.3, 0.4) is 0 Å². The number of aryl methyl sites for hydroxylation is 1. The predicted molar refractivity (Wildman–Crippen MR) is 93.4 cm³/mol. The molecule has 7 nitrogen and oxygen atoms in total. The normalized spacial score (nSPS) is 16.4. The van der Waals surface area contributed by atoms with Gasteiger partial charge >= 0.3 is 12.0 Å². The second-order valence-corrected chi connectivity index (χ2v) is 6.57. The average molecular weight is 383 g/mol. The Hall–Kier alpha value is -2.62. The number of hydrogen-bond donors (Lipinski definition) is 0. The molecule has 0 spiro atoms. The molecule has 27 heavy (non-hydrogen) atoms. The van der Waals surface area contributed by atoms with Gasteiger partial charge in [0.2, 0.25) is 12.1 Å². The molecular formula is C17H20F3N5O2. The van der Waals surface area contributed by atoms with Crippen LogP contribution in [0.15, 0.2) is 30.6 Å². The van der Waals surface area contributed by atoms with Crippen molar-refractivity contribution in [3.05, 3.63) is 51.8 Å². The molecule has 1 saturated heterocycles. The van der Waals surface area contributed by atoms with Crippen LogP contribution in [0.1, 0.15) is 17.5 Å². The van der Waals surface area contributed by atoms with Crippen molar-refractivity contribution in [1.29, 1.82) is 0 Å². The maximum absolute atomic E-state index is 12.7. The fourth-order valence-electron chi connectivity index (χ4n) is 3.30. The zero-order valence-corrected chi connectivity index (χ0v) is 14.8. The molecule has 2 aromatic rings. The quantitative estimate of drug-likeness (QED) is 0.600. The van der Waals surface area contributed by atoms with E-state index in [-0.39, 0.29) is 5.82 Å². The van der Waals surface area contributed by atoms with Gasteiger partial charge in [-0.2, -0.15) is 13.2 Å². The van der Waals surface area contributed by atoms with E-state index >= 15 is 0 Å². The summed E-state index contributed by atoms with van der Waals surface area (Å²) in [5.74, 6) is 0.324. The molecule has 10 heteroatoms. The van der Waals surface area contributed by atoms with Gasteiger partial charge in [0.25, 0.3) is 0 Å². The minimum atomic E-state index is -4.33. The number of halogens is 3. The van der Waals surface area contributed by atoms with Crippen molar-refractivity contribution in [2.45, 2.75) is 19.1 Å². The standard InChI is InChI=1S/C17H20F3N5O2/c1-22-12-21-15(25(26)27)16(22)24-8-2-7-23(9-10-24)11-13-3-5-14(6-4-13)17(18,19)20/h3-6,12H,2,7-11H2,1H3. The monoisotopic (exact) mass is 383 g/mol. The highest BCUT2D eigenvalue weighted by atomic mass is 19.4. The van der Waals surface area contributed by atoms with Crippen LogP contribution in [0.4, 0.5) is 24.8 Å². The van der Waals surface area contributed by atoms with E-state index in [1.165, 1.54) is 18.5 Å². The highest BCUT2D eigenvalue weighted by Gasteiger charge is 2.30. The SMILES string of the molecule is Cn1cnc([N+](=O)[O-])c1N1CCCN(Cc2ccc(C(F)(F)F)cc2)CC1. The number of nitrogens with zero attached hydrogens (tertiary/aromatic N) is 5. The minimum Gasteiger partial charge on any atom is -0.358 e. The molecule has 1 aromatic carbocycles. The van der Waals surface area contributed by atoms with E-state index in [9.17, 15) is 23.3 Å². The number of hydrogen-bond acceptors (Lipinski definition) is 5. The molecule has 2 heterocycles. The van der Waals surface area contributed by atoms with Crippen LogP contribution in [-0.2, 0) is 19.8 Å². The summed E-state index contributed by atoms with van der Waals surface area (Å²) in [6.45, 7) is 3.21. The van der Waals surface area contributed by atoms with Gasteiger partial charge in [-0.3, -0.25) is 9.47 Å². The van der Waals surface area contributed by atoms with Crippen molar-refractivity contribution in [3.8, 4) is 0 Å². The Kier molecular flexibility index (Phi) is 5.36. The summed E-state index contributed by atoms with van der Waals surface area (Å²) >= 11 is 0. The third-order valence-corrected chi connectivity index (χ3v) is 4.64. The molecule has 0 unspecified atom stereocenters. The maximum atomic E-state index is 12.7. The van der Waals surface area contributed by atoms with E-state index in [0.29, 0.717) is 32.0 Å². The van der Waals surface area contributed by atoms with Gasteiger partial charge in [0, 0.05) is 39.8 Å². The van der Waals surface area contributed by atoms with E-state index in [1.807, 2.05) is 4.90 Å². The topological polar surface area (TPSA) is 67.4 Å². The molecule has 1 aromatic heterocycles. The molecule has 0 radical (unpaired) electrons. The third-order valence-electron chi connectivity index (χ3n) is 4.64. The summed E-state index contributed by atoms with van der Waals surface area (Å²) in [6.07, 6.45) is -2.11. The van der Waals surface area contributed by atoms with Crippen LogP contribution < -0.4 is 4.90 Å². The number of anilines is 1. The lowest BCUT2D eigenvalue weighted by Crippen LogP contribution is -2.31. The van der Waals surface area contributed by atoms with Crippen molar-refractivity contribution < 1.29 is 18.1 Å². The van der Waals surface area contributed by atoms with Gasteiger partial charge in [0.05, 0.1) is 5.56 Å². The lowest BCUT2D eigenvalue weighted by atomic mass is 10.1. The Morgan fingerprint density at radius 1 is 1.15 bits per heavy atom. The van der Waals surface area contributed by atoms with Crippen molar-refractivity contribution in [1.82, 2.24) is 14.5 Å². The van der Waals surface area contributed by atoms with Gasteiger partial charge in [0.1, 0.15) is 0 Å². The lowest BCUT2D eigenvalue weighted by molar-refractivity contribution is -0.388. The van der Waals surface area contributed by atoms with E-state index in [2.05, 4.69) is 9.88 Å². The molecule has 1 aliphatic heterocycles. The van der Waals surface area contributed by atoms with Crippen LogP contribution in [0.2, 0.25) is 0 Å². The summed E-state index contributed by atoms with van der Waals surface area (Å²) < 4.78 is 39.6. The Bertz CT molecular complexity index is 804. The smallest absolute Gasteiger partial charge is 0.358 e. The van der Waals surface area contributed by atoms with Gasteiger partial charge in [0.15, 0.2) is 0 Å². The van der Waals surface area contributed by atoms with E-state index in [1.54, 1.807) is 11.6 Å². The highest BCUT2D eigenvalue weighted by molar-refractivity contribution is 5.54. The summed E-state index contributed by atoms with van der Waals surface area (Å²) in [5.41, 5.74) is 0.153. The second kappa shape index (κ2) is 7.55. The lowest BCUT2D eigenvalue weighted by Gasteiger charge is -2.23. The van der Waals surface area contributed by atoms with Crippen LogP contribution >= 0.6 is 0 Å². The molecule has 0 aliphatic carbocycles. The number of aromatic nitrogens is 2. The number of nitro groups is 1. The van der Waals surface area contributed by atoms with Gasteiger partial charge < -0.3 is 15.0 Å². The fraction of sp³-hybridized carbons (Fsp3) is 0.471. The third kappa shape index (κ3) is 4.38. The summed E-state index contributed by atoms with van der Waals surface area (Å²) in [4.78, 5) is 18.6. The van der Waals surface area contributed by atoms with Gasteiger partial charge in [-0.05, 0) is 34.0 Å². The average Bonchev–Trinajstić information content (AvgIpc) is 2.84. The first-order chi connectivity index (χ1) is 12.8. The number of benzene rings is 1. The van der Waals surface area contributed by atoms with Gasteiger partial charge in [-0.25, -0.2) is 0 Å². The maximum Gasteiger partial charge on any atom is 0.416 e. The van der Waals surface area contributed by atoms with Crippen LogP contribution in [0.5, 0.6) is 0 Å². The molecule has 1 aliphatic rings. The molecule has 1 fully saturated rings. The molecule has 0 atom stereocenters. The van der Waals surface area contributed by atoms with Gasteiger partial charge in [-0.15, -0.1) is 0 Å². The van der Waals surface area contributed by atoms with E-state index in [0.717, 1.165) is 30.7 Å². The molecule has 0 saturated carbocycles. The summed E-state index contributed by atoms with van der Waals surface area (Å²) in [7, 11) is 1.72. The zero-order valence-electron chi connectivity index (χ0n) is 14.8. The first kappa shape index (κ1) is 19.2. The van der Waals surface area contributed by atoms with Crippen molar-refractivity contribution in [2.24, 2.45) is 7.05 Å². The zero-order chi connectivity index (χ0) is 19.6. The first-order valence-electron chi connectivity index (χ1n) is 8.55. The molecule has 0 N–H and O–H groups in total. The molecule has 146 valence electrons. The summed E-state index contributed by atoms with van der Waals surface area (Å²) in [6, 6.07) is 5.19. The van der Waals surface area contributed by atoms with Crippen LogP contribution in [-0.4, -0.2) is 45.6 Å². The van der Waals surface area contributed by atoms with Gasteiger partial charge in [-0.1, -0.05) is 12.1 Å². The van der Waals surface area contributed by atoms with Crippen molar-refractivity contribution in [2.75, 3.05) is 31.1 Å². The number of rotatable bonds is 4. The molecule has 0 bridgehead atoms. The Labute approximate surface area is 154 Å². The van der Waals surface area contributed by atoms with Crippen molar-refractivity contribution in [3.63, 3.8) is 0 Å². The first-order valence-corrected chi connectivity index (χ1v) is 8.55. The number of alkyl halides is 3. The largest absolute Gasteiger partial charge is 0.416 e. The van der Waals surface area contributed by atoms with Crippen LogP contribution in [0.25, 0.3) is 0 Å². The Morgan fingerprint density at radius 3 is 2.48 bits per heavy atom. The Balaban J connectivity index is 1.65. The van der Waals surface area contributed by atoms with E-state index in [4.69, 9.17) is 0 Å². The summed E-state index contributed by atoms with van der Waals surface area (Å²) in [5, 5.41) is 11.2. The highest BCUT2D eigenvalue weighted by Crippen LogP contribution is 2.30. The number of imidazole rings is 1. The molecule has 0 amide bonds. The van der Waals surface area contributed by atoms with E-state index < -0.39 is 16.7 Å². The Morgan fingerprint density at radius 2 is 1.85 bits per heavy atom. The minimum absolute atomic E-state index is 0.159.